The van der Waals surface area contributed by atoms with Gasteiger partial charge in [-0.2, -0.15) is 0 Å². The highest BCUT2D eigenvalue weighted by Gasteiger charge is 2.08. The molecule has 1 unspecified atom stereocenters. The quantitative estimate of drug-likeness (QED) is 0.780. The molecule has 0 bridgehead atoms. The Hall–Kier alpha value is -1.39. The van der Waals surface area contributed by atoms with Crippen molar-refractivity contribution in [1.82, 2.24) is 0 Å². The number of hydrogen-bond donors (Lipinski definition) is 2. The number of nitrogens with two attached hydrogens (primary N) is 1. The van der Waals surface area contributed by atoms with Crippen molar-refractivity contribution in [3.8, 4) is 0 Å². The van der Waals surface area contributed by atoms with Crippen LogP contribution in [0.4, 0.5) is 5.69 Å². The summed E-state index contributed by atoms with van der Waals surface area (Å²) < 4.78 is 5.05. The van der Waals surface area contributed by atoms with Crippen molar-refractivity contribution in [3.63, 3.8) is 0 Å². The fourth-order valence-electron chi connectivity index (χ4n) is 1.83. The summed E-state index contributed by atoms with van der Waals surface area (Å²) in [4.78, 5) is 11.7. The number of nitrogens with one attached hydrogen (secondary N) is 1. The van der Waals surface area contributed by atoms with E-state index in [9.17, 15) is 4.79 Å². The van der Waals surface area contributed by atoms with Crippen LogP contribution >= 0.6 is 0 Å². The summed E-state index contributed by atoms with van der Waals surface area (Å²) in [5, 5.41) is 2.86. The third-order valence-corrected chi connectivity index (χ3v) is 2.63. The first-order valence-electron chi connectivity index (χ1n) is 6.29. The molecule has 0 spiro atoms. The average molecular weight is 250 g/mol. The van der Waals surface area contributed by atoms with Gasteiger partial charge < -0.3 is 15.8 Å². The first kappa shape index (κ1) is 14.7. The Balaban J connectivity index is 2.50. The Labute approximate surface area is 109 Å². The number of rotatable bonds is 7. The Kier molecular flexibility index (Phi) is 6.39. The van der Waals surface area contributed by atoms with Gasteiger partial charge in [-0.25, -0.2) is 0 Å². The molecule has 4 nitrogen and oxygen atoms in total. The van der Waals surface area contributed by atoms with Gasteiger partial charge in [0, 0.05) is 25.3 Å². The van der Waals surface area contributed by atoms with Gasteiger partial charge in [-0.15, -0.1) is 0 Å². The zero-order valence-electron chi connectivity index (χ0n) is 11.1. The van der Waals surface area contributed by atoms with Crippen molar-refractivity contribution >= 4 is 11.6 Å². The molecular weight excluding hydrogens is 228 g/mol. The van der Waals surface area contributed by atoms with E-state index in [0.29, 0.717) is 13.0 Å². The number of benzene rings is 1. The largest absolute Gasteiger partial charge is 0.380 e. The van der Waals surface area contributed by atoms with Crippen LogP contribution in [0.5, 0.6) is 0 Å². The van der Waals surface area contributed by atoms with Gasteiger partial charge in [-0.3, -0.25) is 4.79 Å². The van der Waals surface area contributed by atoms with E-state index in [2.05, 4.69) is 12.2 Å². The van der Waals surface area contributed by atoms with Gasteiger partial charge in [0.05, 0.1) is 6.61 Å². The number of carbonyl (C=O) groups excluding carboxylic acids is 1. The maximum atomic E-state index is 11.7. The summed E-state index contributed by atoms with van der Waals surface area (Å²) in [6.45, 7) is 2.60. The lowest BCUT2D eigenvalue weighted by Crippen LogP contribution is -2.26. The number of methoxy groups -OCH3 is 1. The molecule has 1 atom stereocenters. The summed E-state index contributed by atoms with van der Waals surface area (Å²) in [7, 11) is 1.65. The summed E-state index contributed by atoms with van der Waals surface area (Å²) in [5.41, 5.74) is 7.66. The number of anilines is 1. The van der Waals surface area contributed by atoms with Crippen LogP contribution in [0.15, 0.2) is 24.3 Å². The van der Waals surface area contributed by atoms with E-state index < -0.39 is 0 Å². The molecule has 0 aliphatic rings. The van der Waals surface area contributed by atoms with E-state index in [1.165, 1.54) is 0 Å². The number of amides is 1. The second kappa shape index (κ2) is 7.84. The van der Waals surface area contributed by atoms with Crippen LogP contribution in [0.2, 0.25) is 0 Å². The normalized spacial score (nSPS) is 12.2. The van der Waals surface area contributed by atoms with Crippen LogP contribution in [-0.2, 0) is 16.1 Å². The van der Waals surface area contributed by atoms with Gasteiger partial charge >= 0.3 is 0 Å². The van der Waals surface area contributed by atoms with E-state index in [0.717, 1.165) is 24.1 Å². The van der Waals surface area contributed by atoms with Crippen LogP contribution in [0, 0.1) is 0 Å². The van der Waals surface area contributed by atoms with E-state index in [1.807, 2.05) is 24.3 Å². The van der Waals surface area contributed by atoms with Gasteiger partial charge in [0.25, 0.3) is 0 Å². The zero-order chi connectivity index (χ0) is 13.4. The first-order chi connectivity index (χ1) is 8.65. The van der Waals surface area contributed by atoms with Crippen molar-refractivity contribution < 1.29 is 9.53 Å². The van der Waals surface area contributed by atoms with Crippen molar-refractivity contribution in [2.45, 2.75) is 38.8 Å². The highest BCUT2D eigenvalue weighted by molar-refractivity contribution is 5.91. The number of hydrogen-bond acceptors (Lipinski definition) is 3. The highest BCUT2D eigenvalue weighted by atomic mass is 16.5. The Morgan fingerprint density at radius 1 is 1.50 bits per heavy atom. The van der Waals surface area contributed by atoms with Crippen LogP contribution in [0.25, 0.3) is 0 Å². The van der Waals surface area contributed by atoms with Crippen molar-refractivity contribution in [2.75, 3.05) is 12.4 Å². The SMILES string of the molecule is CCCC(N)CC(=O)Nc1cccc(COC)c1. The molecule has 4 heteroatoms. The molecule has 100 valence electrons. The minimum Gasteiger partial charge on any atom is -0.380 e. The lowest BCUT2D eigenvalue weighted by molar-refractivity contribution is -0.116. The molecule has 0 fully saturated rings. The number of ether oxygens (including phenoxy) is 1. The van der Waals surface area contributed by atoms with E-state index >= 15 is 0 Å². The lowest BCUT2D eigenvalue weighted by atomic mass is 10.1. The minimum atomic E-state index is -0.0582. The fraction of sp³-hybridized carbons (Fsp3) is 0.500. The van der Waals surface area contributed by atoms with E-state index in [-0.39, 0.29) is 11.9 Å². The Morgan fingerprint density at radius 3 is 2.94 bits per heavy atom. The highest BCUT2D eigenvalue weighted by Crippen LogP contribution is 2.12. The van der Waals surface area contributed by atoms with Gasteiger partial charge in [-0.05, 0) is 24.1 Å². The van der Waals surface area contributed by atoms with Crippen LogP contribution < -0.4 is 11.1 Å². The van der Waals surface area contributed by atoms with E-state index in [1.54, 1.807) is 7.11 Å². The van der Waals surface area contributed by atoms with Crippen molar-refractivity contribution in [3.05, 3.63) is 29.8 Å². The molecule has 1 rings (SSSR count). The molecule has 18 heavy (non-hydrogen) atoms. The molecular formula is C14H22N2O2. The molecule has 0 saturated heterocycles. The molecule has 3 N–H and O–H groups in total. The molecule has 1 amide bonds. The zero-order valence-corrected chi connectivity index (χ0v) is 11.1. The topological polar surface area (TPSA) is 64.4 Å². The predicted molar refractivity (Wildman–Crippen MR) is 73.3 cm³/mol. The maximum absolute atomic E-state index is 11.7. The summed E-state index contributed by atoms with van der Waals surface area (Å²) in [6, 6.07) is 7.57. The van der Waals surface area contributed by atoms with E-state index in [4.69, 9.17) is 10.5 Å². The third kappa shape index (κ3) is 5.29. The molecule has 0 aliphatic carbocycles. The molecule has 1 aromatic rings. The van der Waals surface area contributed by atoms with Crippen molar-refractivity contribution in [2.24, 2.45) is 5.73 Å². The smallest absolute Gasteiger partial charge is 0.225 e. The third-order valence-electron chi connectivity index (χ3n) is 2.63. The van der Waals surface area contributed by atoms with Gasteiger partial charge in [-0.1, -0.05) is 25.5 Å². The van der Waals surface area contributed by atoms with Gasteiger partial charge in [0.2, 0.25) is 5.91 Å². The summed E-state index contributed by atoms with van der Waals surface area (Å²) in [5.74, 6) is -0.0366. The molecule has 1 aromatic carbocycles. The lowest BCUT2D eigenvalue weighted by Gasteiger charge is -2.11. The van der Waals surface area contributed by atoms with Crippen LogP contribution in [-0.4, -0.2) is 19.1 Å². The molecule has 0 heterocycles. The standard InChI is InChI=1S/C14H22N2O2/c1-3-5-12(15)9-14(17)16-13-7-4-6-11(8-13)10-18-2/h4,6-8,12H,3,5,9-10,15H2,1-2H3,(H,16,17). The predicted octanol–water partition coefficient (Wildman–Crippen LogP) is 2.29. The molecule has 0 aromatic heterocycles. The number of carbonyl (C=O) groups is 1. The maximum Gasteiger partial charge on any atom is 0.225 e. The summed E-state index contributed by atoms with van der Waals surface area (Å²) in [6.07, 6.45) is 2.23. The molecule has 0 saturated carbocycles. The first-order valence-corrected chi connectivity index (χ1v) is 6.29. The molecule has 0 aliphatic heterocycles. The van der Waals surface area contributed by atoms with Gasteiger partial charge in [0.15, 0.2) is 0 Å². The average Bonchev–Trinajstić information content (AvgIpc) is 2.29. The Bertz CT molecular complexity index is 380. The van der Waals surface area contributed by atoms with Crippen LogP contribution in [0.3, 0.4) is 0 Å². The van der Waals surface area contributed by atoms with Gasteiger partial charge in [0.1, 0.15) is 0 Å². The Morgan fingerprint density at radius 2 is 2.28 bits per heavy atom. The van der Waals surface area contributed by atoms with Crippen LogP contribution in [0.1, 0.15) is 31.7 Å². The summed E-state index contributed by atoms with van der Waals surface area (Å²) >= 11 is 0. The monoisotopic (exact) mass is 250 g/mol. The minimum absolute atomic E-state index is 0.0366. The molecule has 0 radical (unpaired) electrons. The second-order valence-electron chi connectivity index (χ2n) is 4.43. The van der Waals surface area contributed by atoms with Crippen molar-refractivity contribution in [1.29, 1.82) is 0 Å². The fourth-order valence-corrected chi connectivity index (χ4v) is 1.83. The second-order valence-corrected chi connectivity index (χ2v) is 4.43.